The molecule has 0 saturated heterocycles. The lowest BCUT2D eigenvalue weighted by Gasteiger charge is -2.08. The fourth-order valence-electron chi connectivity index (χ4n) is 1.92. The SMILES string of the molecule is Cc1ncc(C(=O)Nc2ccc3cn[nH]c3c2)c(Cl)c1Cl. The van der Waals surface area contributed by atoms with Crippen LogP contribution >= 0.6 is 23.2 Å². The van der Waals surface area contributed by atoms with E-state index in [9.17, 15) is 4.79 Å². The first-order chi connectivity index (χ1) is 10.1. The van der Waals surface area contributed by atoms with Gasteiger partial charge >= 0.3 is 0 Å². The molecule has 0 saturated carbocycles. The largest absolute Gasteiger partial charge is 0.322 e. The molecule has 7 heteroatoms. The van der Waals surface area contributed by atoms with Crippen molar-refractivity contribution in [1.82, 2.24) is 15.2 Å². The second-order valence-electron chi connectivity index (χ2n) is 4.51. The van der Waals surface area contributed by atoms with Crippen molar-refractivity contribution in [2.45, 2.75) is 6.92 Å². The molecule has 2 N–H and O–H groups in total. The van der Waals surface area contributed by atoms with Crippen LogP contribution in [-0.2, 0) is 0 Å². The van der Waals surface area contributed by atoms with Crippen molar-refractivity contribution in [3.8, 4) is 0 Å². The van der Waals surface area contributed by atoms with Crippen molar-refractivity contribution < 1.29 is 4.79 Å². The number of aryl methyl sites for hydroxylation is 1. The predicted molar refractivity (Wildman–Crippen MR) is 83.0 cm³/mol. The first kappa shape index (κ1) is 13.9. The van der Waals surface area contributed by atoms with E-state index in [-0.39, 0.29) is 21.5 Å². The first-order valence-electron chi connectivity index (χ1n) is 6.11. The van der Waals surface area contributed by atoms with Gasteiger partial charge in [0, 0.05) is 17.3 Å². The van der Waals surface area contributed by atoms with Gasteiger partial charge in [0.1, 0.15) is 0 Å². The van der Waals surface area contributed by atoms with Gasteiger partial charge in [-0.2, -0.15) is 5.10 Å². The van der Waals surface area contributed by atoms with E-state index in [2.05, 4.69) is 20.5 Å². The average Bonchev–Trinajstić information content (AvgIpc) is 2.92. The number of anilines is 1. The van der Waals surface area contributed by atoms with Crippen LogP contribution in [0.3, 0.4) is 0 Å². The van der Waals surface area contributed by atoms with Crippen LogP contribution in [0.1, 0.15) is 16.1 Å². The lowest BCUT2D eigenvalue weighted by molar-refractivity contribution is 0.102. The van der Waals surface area contributed by atoms with Gasteiger partial charge < -0.3 is 5.32 Å². The summed E-state index contributed by atoms with van der Waals surface area (Å²) in [6.45, 7) is 1.72. The summed E-state index contributed by atoms with van der Waals surface area (Å²) >= 11 is 12.1. The van der Waals surface area contributed by atoms with E-state index in [0.29, 0.717) is 11.4 Å². The summed E-state index contributed by atoms with van der Waals surface area (Å²) in [4.78, 5) is 16.3. The van der Waals surface area contributed by atoms with Crippen molar-refractivity contribution in [2.24, 2.45) is 0 Å². The fourth-order valence-corrected chi connectivity index (χ4v) is 2.35. The van der Waals surface area contributed by atoms with Crippen molar-refractivity contribution in [2.75, 3.05) is 5.32 Å². The molecule has 0 unspecified atom stereocenters. The summed E-state index contributed by atoms with van der Waals surface area (Å²) < 4.78 is 0. The molecule has 0 aliphatic carbocycles. The minimum atomic E-state index is -0.367. The molecule has 106 valence electrons. The average molecular weight is 321 g/mol. The number of halogens is 2. The standard InChI is InChI=1S/C14H10Cl2N4O/c1-7-12(15)13(16)10(6-17-7)14(21)19-9-3-2-8-5-18-20-11(8)4-9/h2-6H,1H3,(H,18,20)(H,19,21). The summed E-state index contributed by atoms with van der Waals surface area (Å²) in [5, 5.41) is 11.0. The number of fused-ring (bicyclic) bond motifs is 1. The van der Waals surface area contributed by atoms with Crippen LogP contribution in [0.5, 0.6) is 0 Å². The molecular formula is C14H10Cl2N4O. The number of carbonyl (C=O) groups excluding carboxylic acids is 1. The van der Waals surface area contributed by atoms with E-state index < -0.39 is 0 Å². The summed E-state index contributed by atoms with van der Waals surface area (Å²) in [7, 11) is 0. The maximum Gasteiger partial charge on any atom is 0.258 e. The summed E-state index contributed by atoms with van der Waals surface area (Å²) in [5.74, 6) is -0.367. The highest BCUT2D eigenvalue weighted by Crippen LogP contribution is 2.28. The second kappa shape index (κ2) is 5.35. The molecule has 0 radical (unpaired) electrons. The topological polar surface area (TPSA) is 70.7 Å². The van der Waals surface area contributed by atoms with Gasteiger partial charge in [-0.3, -0.25) is 14.9 Å². The third-order valence-corrected chi connectivity index (χ3v) is 4.03. The molecule has 3 rings (SSSR count). The minimum absolute atomic E-state index is 0.198. The highest BCUT2D eigenvalue weighted by atomic mass is 35.5. The number of aromatic amines is 1. The highest BCUT2D eigenvalue weighted by molar-refractivity contribution is 6.44. The molecule has 0 spiro atoms. The van der Waals surface area contributed by atoms with Gasteiger partial charge in [-0.15, -0.1) is 0 Å². The maximum absolute atomic E-state index is 12.3. The van der Waals surface area contributed by atoms with Gasteiger partial charge in [0.2, 0.25) is 0 Å². The Morgan fingerprint density at radius 2 is 2.05 bits per heavy atom. The van der Waals surface area contributed by atoms with Gasteiger partial charge in [0.05, 0.1) is 33.0 Å². The molecule has 0 atom stereocenters. The zero-order valence-electron chi connectivity index (χ0n) is 10.9. The summed E-state index contributed by atoms with van der Waals surface area (Å²) in [5.41, 5.74) is 2.28. The Hall–Kier alpha value is -2.11. The van der Waals surface area contributed by atoms with Gasteiger partial charge in [0.25, 0.3) is 5.91 Å². The van der Waals surface area contributed by atoms with E-state index >= 15 is 0 Å². The Morgan fingerprint density at radius 1 is 1.24 bits per heavy atom. The Bertz CT molecular complexity index is 844. The zero-order valence-corrected chi connectivity index (χ0v) is 12.5. The number of carbonyl (C=O) groups is 1. The Kier molecular flexibility index (Phi) is 3.53. The monoisotopic (exact) mass is 320 g/mol. The third kappa shape index (κ3) is 2.57. The molecule has 2 heterocycles. The van der Waals surface area contributed by atoms with Crippen molar-refractivity contribution in [3.63, 3.8) is 0 Å². The molecule has 0 aliphatic heterocycles. The molecule has 0 fully saturated rings. The van der Waals surface area contributed by atoms with Crippen LogP contribution in [0.2, 0.25) is 10.0 Å². The number of hydrogen-bond donors (Lipinski definition) is 2. The molecule has 1 amide bonds. The van der Waals surface area contributed by atoms with E-state index in [1.807, 2.05) is 6.07 Å². The Balaban J connectivity index is 1.90. The lowest BCUT2D eigenvalue weighted by Crippen LogP contribution is -2.13. The number of nitrogens with zero attached hydrogens (tertiary/aromatic N) is 2. The third-order valence-electron chi connectivity index (χ3n) is 3.08. The number of aromatic nitrogens is 3. The van der Waals surface area contributed by atoms with E-state index in [1.54, 1.807) is 25.3 Å². The van der Waals surface area contributed by atoms with Gasteiger partial charge in [-0.1, -0.05) is 23.2 Å². The van der Waals surface area contributed by atoms with Crippen molar-refractivity contribution in [3.05, 3.63) is 51.9 Å². The highest BCUT2D eigenvalue weighted by Gasteiger charge is 2.15. The molecule has 0 aliphatic rings. The number of rotatable bonds is 2. The Labute approximate surface area is 130 Å². The maximum atomic E-state index is 12.3. The number of nitrogens with one attached hydrogen (secondary N) is 2. The molecular weight excluding hydrogens is 311 g/mol. The van der Waals surface area contributed by atoms with Crippen LogP contribution in [0, 0.1) is 6.92 Å². The van der Waals surface area contributed by atoms with Crippen molar-refractivity contribution >= 4 is 45.7 Å². The number of pyridine rings is 1. The molecule has 5 nitrogen and oxygen atoms in total. The lowest BCUT2D eigenvalue weighted by atomic mass is 10.2. The van der Waals surface area contributed by atoms with Crippen LogP contribution < -0.4 is 5.32 Å². The number of H-pyrrole nitrogens is 1. The number of benzene rings is 1. The molecule has 1 aromatic carbocycles. The number of hydrogen-bond acceptors (Lipinski definition) is 3. The van der Waals surface area contributed by atoms with Crippen molar-refractivity contribution in [1.29, 1.82) is 0 Å². The minimum Gasteiger partial charge on any atom is -0.322 e. The second-order valence-corrected chi connectivity index (χ2v) is 5.27. The summed E-state index contributed by atoms with van der Waals surface area (Å²) in [6, 6.07) is 5.43. The molecule has 0 bridgehead atoms. The van der Waals surface area contributed by atoms with Crippen LogP contribution in [0.15, 0.2) is 30.6 Å². The van der Waals surface area contributed by atoms with E-state index in [4.69, 9.17) is 23.2 Å². The predicted octanol–water partition coefficient (Wildman–Crippen LogP) is 3.83. The zero-order chi connectivity index (χ0) is 15.0. The van der Waals surface area contributed by atoms with E-state index in [0.717, 1.165) is 10.9 Å². The van der Waals surface area contributed by atoms with E-state index in [1.165, 1.54) is 6.20 Å². The van der Waals surface area contributed by atoms with Gasteiger partial charge in [-0.25, -0.2) is 0 Å². The van der Waals surface area contributed by atoms with Gasteiger partial charge in [0.15, 0.2) is 0 Å². The van der Waals surface area contributed by atoms with Crippen LogP contribution in [0.25, 0.3) is 10.9 Å². The van der Waals surface area contributed by atoms with Crippen LogP contribution in [0.4, 0.5) is 5.69 Å². The smallest absolute Gasteiger partial charge is 0.258 e. The molecule has 21 heavy (non-hydrogen) atoms. The van der Waals surface area contributed by atoms with Crippen LogP contribution in [-0.4, -0.2) is 21.1 Å². The van der Waals surface area contributed by atoms with Gasteiger partial charge in [-0.05, 0) is 25.1 Å². The molecule has 2 aromatic heterocycles. The molecule has 3 aromatic rings. The summed E-state index contributed by atoms with van der Waals surface area (Å²) in [6.07, 6.45) is 3.12. The number of amides is 1. The first-order valence-corrected chi connectivity index (χ1v) is 6.87. The Morgan fingerprint density at radius 3 is 2.86 bits per heavy atom. The normalized spacial score (nSPS) is 10.8. The quantitative estimate of drug-likeness (QED) is 0.753. The fraction of sp³-hybridized carbons (Fsp3) is 0.0714.